The van der Waals surface area contributed by atoms with E-state index in [1.807, 2.05) is 155 Å². The van der Waals surface area contributed by atoms with Crippen LogP contribution in [0.15, 0.2) is 215 Å². The molecule has 12 heterocycles. The van der Waals surface area contributed by atoms with Crippen molar-refractivity contribution in [3.05, 3.63) is 348 Å². The number of halogens is 5. The molecule has 16 aromatic rings. The molecule has 0 bridgehead atoms. The number of benzene rings is 4. The van der Waals surface area contributed by atoms with Gasteiger partial charge in [-0.05, 0) is 234 Å². The molecule has 144 heavy (non-hydrogen) atoms. The van der Waals surface area contributed by atoms with Gasteiger partial charge in [0.05, 0.1) is 23.7 Å². The van der Waals surface area contributed by atoms with Crippen LogP contribution in [0.25, 0.3) is 66.9 Å². The second kappa shape index (κ2) is 43.9. The Morgan fingerprint density at radius 3 is 0.799 bits per heavy atom. The van der Waals surface area contributed by atoms with E-state index in [0.29, 0.717) is 28.8 Å². The van der Waals surface area contributed by atoms with Crippen molar-refractivity contribution in [2.45, 2.75) is 192 Å². The van der Waals surface area contributed by atoms with Crippen LogP contribution in [0.3, 0.4) is 0 Å². The number of nitrogens with one attached hydrogen (secondary N) is 6. The number of nitrogens with zero attached hydrogens (tertiary/aromatic N) is 7. The van der Waals surface area contributed by atoms with Gasteiger partial charge in [-0.15, -0.1) is 0 Å². The zero-order valence-corrected chi connectivity index (χ0v) is 81.7. The fourth-order valence-electron chi connectivity index (χ4n) is 19.2. The van der Waals surface area contributed by atoms with E-state index in [9.17, 15) is 50.7 Å². The Hall–Kier alpha value is -16.1. The molecular formula is C114H108F5N13O12. The molecule has 25 nitrogen and oxygen atoms in total. The lowest BCUT2D eigenvalue weighted by atomic mass is 10.0. The van der Waals surface area contributed by atoms with Gasteiger partial charge in [-0.25, -0.2) is 51.9 Å². The normalized spacial score (nSPS) is 13.1. The maximum Gasteiger partial charge on any atom is 0.262 e. The van der Waals surface area contributed by atoms with Gasteiger partial charge in [0.15, 0.2) is 5.82 Å². The number of amides is 6. The van der Waals surface area contributed by atoms with Crippen LogP contribution in [0.2, 0.25) is 0 Å². The Morgan fingerprint density at radius 1 is 0.257 bits per heavy atom. The molecule has 0 spiro atoms. The fourth-order valence-corrected chi connectivity index (χ4v) is 19.2. The van der Waals surface area contributed by atoms with Crippen molar-refractivity contribution < 1.29 is 77.2 Å². The van der Waals surface area contributed by atoms with Crippen molar-refractivity contribution in [3.63, 3.8) is 0 Å². The van der Waals surface area contributed by atoms with E-state index >= 15 is 0 Å². The highest BCUT2D eigenvalue weighted by atomic mass is 19.1. The van der Waals surface area contributed by atoms with E-state index < -0.39 is 57.9 Å². The smallest absolute Gasteiger partial charge is 0.262 e. The van der Waals surface area contributed by atoms with Crippen molar-refractivity contribution in [1.82, 2.24) is 34.9 Å². The molecule has 6 N–H and O–H groups in total. The minimum Gasteiger partial charge on any atom is -0.465 e. The Kier molecular flexibility index (Phi) is 30.3. The summed E-state index contributed by atoms with van der Waals surface area (Å²) in [5.41, 5.74) is 20.2. The number of furan rings is 6. The summed E-state index contributed by atoms with van der Waals surface area (Å²) in [6.07, 6.45) is 30.7. The first kappa shape index (κ1) is 99.4. The SMILES string of the molecule is Cc1ccccc1C(=O)Nc1ccc(-c2c(C)oc3c2CCC3)cn1.Cc1oc2c(c1-c1ccc(NC(=O)C(C)C)nc1)CCC2.Cc1oc2c(c1-c1ccc(NC(=O)c3c(F)cccc3F)nc1)CCC2.Cc1oc2c(c1-c1ccc(NC(=O)c3c(F)cccc3F)nc1)CCC2.Cc1oc2c(c1-c1ccc(NC(=O)c3ccccc3F)nc1)CCC2.Cc1oc2c(c1-c1cnc(NC(=O)C(C)C)cn1)CCC2. The lowest BCUT2D eigenvalue weighted by molar-refractivity contribution is -0.119. The lowest BCUT2D eigenvalue weighted by Crippen LogP contribution is -2.18. The third-order valence-electron chi connectivity index (χ3n) is 26.2. The van der Waals surface area contributed by atoms with Gasteiger partial charge >= 0.3 is 0 Å². The highest BCUT2D eigenvalue weighted by molar-refractivity contribution is 6.07. The largest absolute Gasteiger partial charge is 0.465 e. The molecule has 0 atom stereocenters. The number of aromatic nitrogens is 7. The van der Waals surface area contributed by atoms with E-state index in [4.69, 9.17) is 26.5 Å². The molecule has 12 aromatic heterocycles. The van der Waals surface area contributed by atoms with E-state index in [2.05, 4.69) is 66.8 Å². The van der Waals surface area contributed by atoms with Gasteiger partial charge in [0.2, 0.25) is 11.8 Å². The van der Waals surface area contributed by atoms with Crippen LogP contribution in [-0.2, 0) is 86.6 Å². The number of carbonyl (C=O) groups is 6. The summed E-state index contributed by atoms with van der Waals surface area (Å²) >= 11 is 0. The minimum absolute atomic E-state index is 0.00289. The van der Waals surface area contributed by atoms with Crippen LogP contribution in [0.4, 0.5) is 56.9 Å². The van der Waals surface area contributed by atoms with Crippen LogP contribution in [-0.4, -0.2) is 70.3 Å². The molecule has 0 saturated heterocycles. The summed E-state index contributed by atoms with van der Waals surface area (Å²) in [4.78, 5) is 102. The highest BCUT2D eigenvalue weighted by Gasteiger charge is 2.32. The molecule has 30 heteroatoms. The second-order valence-electron chi connectivity index (χ2n) is 36.8. The molecule has 0 radical (unpaired) electrons. The number of pyridine rings is 5. The predicted octanol–water partition coefficient (Wildman–Crippen LogP) is 25.4. The minimum atomic E-state index is -0.913. The topological polar surface area (TPSA) is 344 Å². The maximum absolute atomic E-state index is 13.7. The summed E-state index contributed by atoms with van der Waals surface area (Å²) in [5.74, 6) is 7.50. The van der Waals surface area contributed by atoms with E-state index in [-0.39, 0.29) is 46.8 Å². The number of aryl methyl sites for hydroxylation is 13. The molecular weight excluding hydrogens is 1840 g/mol. The van der Waals surface area contributed by atoms with Crippen molar-refractivity contribution in [3.8, 4) is 66.9 Å². The number of rotatable bonds is 18. The van der Waals surface area contributed by atoms with Crippen LogP contribution in [0, 0.1) is 89.4 Å². The average Bonchev–Trinajstić information content (AvgIpc) is 1.66. The highest BCUT2D eigenvalue weighted by Crippen LogP contribution is 2.45. The first-order chi connectivity index (χ1) is 69.5. The molecule has 6 aliphatic rings. The van der Waals surface area contributed by atoms with Gasteiger partial charge in [0.1, 0.15) is 138 Å². The summed E-state index contributed by atoms with van der Waals surface area (Å²) < 4.78 is 103. The number of hydrogen-bond donors (Lipinski definition) is 6. The van der Waals surface area contributed by atoms with Crippen molar-refractivity contribution in [1.29, 1.82) is 0 Å². The Bertz CT molecular complexity index is 7000. The molecule has 22 rings (SSSR count). The Labute approximate surface area is 828 Å². The Balaban J connectivity index is 0.000000119. The van der Waals surface area contributed by atoms with Crippen LogP contribution >= 0.6 is 0 Å². The maximum atomic E-state index is 13.7. The van der Waals surface area contributed by atoms with E-state index in [0.717, 1.165) is 276 Å². The first-order valence-electron chi connectivity index (χ1n) is 48.3. The van der Waals surface area contributed by atoms with Gasteiger partial charge < -0.3 is 58.4 Å². The molecule has 0 fully saturated rings. The second-order valence-corrected chi connectivity index (χ2v) is 36.8. The molecule has 0 unspecified atom stereocenters. The first-order valence-corrected chi connectivity index (χ1v) is 48.3. The summed E-state index contributed by atoms with van der Waals surface area (Å²) in [5, 5.41) is 15.9. The Morgan fingerprint density at radius 2 is 0.514 bits per heavy atom. The van der Waals surface area contributed by atoms with Crippen LogP contribution < -0.4 is 31.9 Å². The van der Waals surface area contributed by atoms with Crippen molar-refractivity contribution >= 4 is 70.4 Å². The van der Waals surface area contributed by atoms with Crippen molar-refractivity contribution in [2.75, 3.05) is 31.9 Å². The number of hydrogen-bond acceptors (Lipinski definition) is 19. The fraction of sp³-hybridized carbons (Fsp3) is 0.272. The van der Waals surface area contributed by atoms with E-state index in [1.54, 1.807) is 61.3 Å². The summed E-state index contributed by atoms with van der Waals surface area (Å²) in [7, 11) is 0. The zero-order chi connectivity index (χ0) is 101. The third-order valence-corrected chi connectivity index (χ3v) is 26.2. The van der Waals surface area contributed by atoms with Gasteiger partial charge in [0.25, 0.3) is 23.6 Å². The summed E-state index contributed by atoms with van der Waals surface area (Å²) in [6, 6.07) is 38.1. The van der Waals surface area contributed by atoms with Gasteiger partial charge in [-0.2, -0.15) is 0 Å². The average molecular weight is 1950 g/mol. The molecule has 6 aliphatic carbocycles. The third kappa shape index (κ3) is 22.1. The van der Waals surface area contributed by atoms with Gasteiger partial charge in [-0.1, -0.05) is 70.2 Å². The quantitative estimate of drug-likeness (QED) is 0.0435. The molecule has 0 aliphatic heterocycles. The number of fused-ring (bicyclic) bond motifs is 6. The van der Waals surface area contributed by atoms with Gasteiger partial charge in [0, 0.05) is 181 Å². The predicted molar refractivity (Wildman–Crippen MR) is 539 cm³/mol. The van der Waals surface area contributed by atoms with Crippen LogP contribution in [0.5, 0.6) is 0 Å². The molecule has 0 saturated carbocycles. The van der Waals surface area contributed by atoms with Crippen molar-refractivity contribution in [2.24, 2.45) is 11.8 Å². The number of anilines is 6. The number of carbonyl (C=O) groups excluding carboxylic acids is 6. The van der Waals surface area contributed by atoms with Crippen LogP contribution in [0.1, 0.15) is 216 Å². The zero-order valence-electron chi connectivity index (χ0n) is 81.7. The molecule has 6 amide bonds. The summed E-state index contributed by atoms with van der Waals surface area (Å²) in [6.45, 7) is 21.1. The van der Waals surface area contributed by atoms with E-state index in [1.165, 1.54) is 63.2 Å². The van der Waals surface area contributed by atoms with Gasteiger partial charge in [-0.3, -0.25) is 33.8 Å². The standard InChI is InChI=1S/C21H20N2O2.2C20H16F2N2O2.C20H17FN2O2.C17H20N2O2.C16H19N3O2/c1-13-6-3-4-7-16(13)21(24)23-19-11-10-15(12-22-19)20-14(2)25-18-9-5-8-17(18)20;2*1-11-18(13-4-2-7-16(13)26-11)12-8-9-17(23-10-12)24-20(25)19-14(21)5-3-6-15(19)22;1-12-19(15-6-4-8-17(15)25-12)13-9-10-18(22-11-13)23-20(24)14-5-2-3-7-16(14)21;1-10(2)17(20)19-15-8-7-12(9-18-15)16-11(3)21-14-6-4-5-13(14)16;1-9(2)16(20)19-14-8-17-12(7-18-14)15-10(3)21-13-6-4-5-11(13)15/h3-4,6-7,10-12H,5,8-9H2,1-2H3,(H,22,23,24);2*3,5-6,8-10H,2,4,7H2,1H3,(H,23,24,25);2-3,5,7,9-11H,4,6,8H2,1H3,(H,22,23,24);7-10H,4-6H2,1-3H3,(H,18,19,20);7-9H,4-6H2,1-3H3,(H,18,19,20). The molecule has 736 valence electrons. The molecule has 4 aromatic carbocycles. The monoisotopic (exact) mass is 1950 g/mol. The lowest BCUT2D eigenvalue weighted by Gasteiger charge is -2.08.